The molecule has 3 nitrogen and oxygen atoms in total. The first kappa shape index (κ1) is 23.3. The Hall–Kier alpha value is -1.97. The predicted molar refractivity (Wildman–Crippen MR) is 119 cm³/mol. The number of hydrogen-bond acceptors (Lipinski definition) is 3. The Bertz CT molecular complexity index is 672. The summed E-state index contributed by atoms with van der Waals surface area (Å²) in [5, 5.41) is 0. The normalized spacial score (nSPS) is 13.2. The summed E-state index contributed by atoms with van der Waals surface area (Å²) in [5.41, 5.74) is 2.35. The fourth-order valence-electron chi connectivity index (χ4n) is 3.33. The third-order valence-corrected chi connectivity index (χ3v) is 5.45. The molecule has 0 spiro atoms. The van der Waals surface area contributed by atoms with Crippen LogP contribution >= 0.6 is 0 Å². The number of unbranched alkanes of at least 4 members (excludes halogenated alkanes) is 5. The Kier molecular flexibility index (Phi) is 10.7. The minimum atomic E-state index is -0.955. The lowest BCUT2D eigenvalue weighted by Crippen LogP contribution is -2.16. The molecule has 0 amide bonds. The average Bonchev–Trinajstić information content (AvgIpc) is 2.75. The van der Waals surface area contributed by atoms with Crippen LogP contribution in [-0.4, -0.2) is 22.7 Å². The highest BCUT2D eigenvalue weighted by atomic mass is 19.1. The highest BCUT2D eigenvalue weighted by Crippen LogP contribution is 2.19. The summed E-state index contributed by atoms with van der Waals surface area (Å²) in [5.74, 6) is 1.55. The van der Waals surface area contributed by atoms with E-state index < -0.39 is 6.17 Å². The summed E-state index contributed by atoms with van der Waals surface area (Å²) >= 11 is 0. The molecule has 0 fully saturated rings. The van der Waals surface area contributed by atoms with Crippen molar-refractivity contribution in [3.8, 4) is 17.1 Å². The van der Waals surface area contributed by atoms with Gasteiger partial charge in [-0.2, -0.15) is 0 Å². The highest BCUT2D eigenvalue weighted by molar-refractivity contribution is 5.55. The van der Waals surface area contributed by atoms with Gasteiger partial charge in [-0.3, -0.25) is 0 Å². The van der Waals surface area contributed by atoms with E-state index in [0.717, 1.165) is 18.4 Å². The molecule has 160 valence electrons. The van der Waals surface area contributed by atoms with Gasteiger partial charge in [0.25, 0.3) is 0 Å². The first-order valence-electron chi connectivity index (χ1n) is 11.3. The maximum atomic E-state index is 13.9. The standard InChI is InChI=1S/C25H37FN2O/c1-4-6-7-8-9-10-11-21-12-14-22(15-13-21)25-27-17-24(18-28-25)29-19-23(26)16-20(3)5-2/h12-15,17-18,20,23H,4-11,16,19H2,1-3H3. The number of benzene rings is 1. The van der Waals surface area contributed by atoms with Crippen LogP contribution in [0.3, 0.4) is 0 Å². The number of alkyl halides is 1. The Balaban J connectivity index is 1.77. The third kappa shape index (κ3) is 8.93. The quantitative estimate of drug-likeness (QED) is 0.314. The molecule has 2 atom stereocenters. The Morgan fingerprint density at radius 1 is 0.931 bits per heavy atom. The lowest BCUT2D eigenvalue weighted by molar-refractivity contribution is 0.169. The van der Waals surface area contributed by atoms with Crippen molar-refractivity contribution in [3.63, 3.8) is 0 Å². The van der Waals surface area contributed by atoms with Gasteiger partial charge in [0.05, 0.1) is 12.4 Å². The molecule has 0 aliphatic heterocycles. The molecule has 0 saturated heterocycles. The van der Waals surface area contributed by atoms with E-state index in [2.05, 4.69) is 55.0 Å². The predicted octanol–water partition coefficient (Wildman–Crippen LogP) is 7.20. The van der Waals surface area contributed by atoms with E-state index in [1.54, 1.807) is 12.4 Å². The number of nitrogens with zero attached hydrogens (tertiary/aromatic N) is 2. The van der Waals surface area contributed by atoms with Gasteiger partial charge in [-0.1, -0.05) is 83.6 Å². The van der Waals surface area contributed by atoms with Gasteiger partial charge in [0.2, 0.25) is 0 Å². The van der Waals surface area contributed by atoms with Gasteiger partial charge < -0.3 is 4.74 Å². The van der Waals surface area contributed by atoms with Gasteiger partial charge in [-0.15, -0.1) is 0 Å². The zero-order valence-corrected chi connectivity index (χ0v) is 18.4. The van der Waals surface area contributed by atoms with Crippen LogP contribution < -0.4 is 4.74 Å². The molecule has 0 bridgehead atoms. The molecule has 29 heavy (non-hydrogen) atoms. The second-order valence-corrected chi connectivity index (χ2v) is 8.11. The number of aromatic nitrogens is 2. The Labute approximate surface area is 176 Å². The van der Waals surface area contributed by atoms with E-state index in [1.165, 1.54) is 44.1 Å². The van der Waals surface area contributed by atoms with Crippen molar-refractivity contribution >= 4 is 0 Å². The van der Waals surface area contributed by atoms with Crippen LogP contribution in [0.5, 0.6) is 5.75 Å². The fourth-order valence-corrected chi connectivity index (χ4v) is 3.33. The first-order valence-corrected chi connectivity index (χ1v) is 11.3. The smallest absolute Gasteiger partial charge is 0.159 e. The second-order valence-electron chi connectivity index (χ2n) is 8.11. The van der Waals surface area contributed by atoms with Gasteiger partial charge in [-0.05, 0) is 30.7 Å². The summed E-state index contributed by atoms with van der Waals surface area (Å²) < 4.78 is 19.4. The molecule has 1 aromatic carbocycles. The van der Waals surface area contributed by atoms with Crippen LogP contribution in [0.1, 0.15) is 77.7 Å². The van der Waals surface area contributed by atoms with Gasteiger partial charge in [0.1, 0.15) is 12.8 Å². The zero-order chi connectivity index (χ0) is 20.9. The van der Waals surface area contributed by atoms with Crippen molar-refractivity contribution in [1.29, 1.82) is 0 Å². The van der Waals surface area contributed by atoms with Crippen molar-refractivity contribution in [1.82, 2.24) is 9.97 Å². The van der Waals surface area contributed by atoms with Crippen molar-refractivity contribution in [2.75, 3.05) is 6.61 Å². The summed E-state index contributed by atoms with van der Waals surface area (Å²) in [7, 11) is 0. The van der Waals surface area contributed by atoms with Gasteiger partial charge in [-0.25, -0.2) is 14.4 Å². The molecule has 4 heteroatoms. The SMILES string of the molecule is CCCCCCCCc1ccc(-c2ncc(OCC(F)CC(C)CC)cn2)cc1. The molecule has 2 rings (SSSR count). The van der Waals surface area contributed by atoms with Crippen LogP contribution in [-0.2, 0) is 6.42 Å². The topological polar surface area (TPSA) is 35.0 Å². The number of ether oxygens (including phenoxy) is 1. The highest BCUT2D eigenvalue weighted by Gasteiger charge is 2.12. The summed E-state index contributed by atoms with van der Waals surface area (Å²) in [6.07, 6.45) is 12.8. The molecule has 2 aromatic rings. The molecule has 0 saturated carbocycles. The van der Waals surface area contributed by atoms with Crippen molar-refractivity contribution in [3.05, 3.63) is 42.2 Å². The van der Waals surface area contributed by atoms with Crippen LogP contribution in [0.2, 0.25) is 0 Å². The van der Waals surface area contributed by atoms with Crippen LogP contribution in [0.4, 0.5) is 4.39 Å². The van der Waals surface area contributed by atoms with E-state index >= 15 is 0 Å². The summed E-state index contributed by atoms with van der Waals surface area (Å²) in [6, 6.07) is 8.48. The fraction of sp³-hybridized carbons (Fsp3) is 0.600. The van der Waals surface area contributed by atoms with E-state index in [4.69, 9.17) is 4.74 Å². The minimum Gasteiger partial charge on any atom is -0.487 e. The van der Waals surface area contributed by atoms with Gasteiger partial charge in [0, 0.05) is 5.56 Å². The molecular weight excluding hydrogens is 363 g/mol. The molecule has 0 N–H and O–H groups in total. The second kappa shape index (κ2) is 13.3. The van der Waals surface area contributed by atoms with Crippen molar-refractivity contribution in [2.45, 2.75) is 84.7 Å². The maximum Gasteiger partial charge on any atom is 0.159 e. The number of rotatable bonds is 14. The lowest BCUT2D eigenvalue weighted by atomic mass is 10.0. The van der Waals surface area contributed by atoms with Crippen LogP contribution in [0.15, 0.2) is 36.7 Å². The number of hydrogen-bond donors (Lipinski definition) is 0. The molecular formula is C25H37FN2O. The van der Waals surface area contributed by atoms with Crippen LogP contribution in [0, 0.1) is 5.92 Å². The molecule has 1 heterocycles. The monoisotopic (exact) mass is 400 g/mol. The molecule has 0 aliphatic carbocycles. The Morgan fingerprint density at radius 2 is 1.59 bits per heavy atom. The Morgan fingerprint density at radius 3 is 2.24 bits per heavy atom. The van der Waals surface area contributed by atoms with Gasteiger partial charge >= 0.3 is 0 Å². The summed E-state index contributed by atoms with van der Waals surface area (Å²) in [6.45, 7) is 6.44. The zero-order valence-electron chi connectivity index (χ0n) is 18.4. The minimum absolute atomic E-state index is 0.0557. The lowest BCUT2D eigenvalue weighted by Gasteiger charge is -2.13. The largest absolute Gasteiger partial charge is 0.487 e. The van der Waals surface area contributed by atoms with Crippen molar-refractivity contribution < 1.29 is 9.13 Å². The average molecular weight is 401 g/mol. The number of halogens is 1. The molecule has 0 radical (unpaired) electrons. The first-order chi connectivity index (χ1) is 14.1. The molecule has 0 aliphatic rings. The maximum absolute atomic E-state index is 13.9. The molecule has 2 unspecified atom stereocenters. The number of aryl methyl sites for hydroxylation is 1. The van der Waals surface area contributed by atoms with E-state index in [9.17, 15) is 4.39 Å². The van der Waals surface area contributed by atoms with E-state index in [0.29, 0.717) is 23.9 Å². The summed E-state index contributed by atoms with van der Waals surface area (Å²) in [4.78, 5) is 8.76. The van der Waals surface area contributed by atoms with E-state index in [-0.39, 0.29) is 6.61 Å². The van der Waals surface area contributed by atoms with Gasteiger partial charge in [0.15, 0.2) is 11.6 Å². The van der Waals surface area contributed by atoms with Crippen molar-refractivity contribution in [2.24, 2.45) is 5.92 Å². The van der Waals surface area contributed by atoms with E-state index in [1.807, 2.05) is 0 Å². The molecule has 1 aromatic heterocycles. The van der Waals surface area contributed by atoms with Crippen LogP contribution in [0.25, 0.3) is 11.4 Å². The third-order valence-electron chi connectivity index (χ3n) is 5.45.